The number of halogens is 1. The van der Waals surface area contributed by atoms with E-state index < -0.39 is 5.60 Å². The van der Waals surface area contributed by atoms with Gasteiger partial charge in [-0.1, -0.05) is 23.7 Å². The average Bonchev–Trinajstić information content (AvgIpc) is 3.31. The smallest absolute Gasteiger partial charge is 0.407 e. The molecular weight excluding hydrogens is 514 g/mol. The number of fused-ring (bicyclic) bond motifs is 1. The molecule has 3 aromatic rings. The summed E-state index contributed by atoms with van der Waals surface area (Å²) in [5.41, 5.74) is 3.95. The number of anilines is 1. The van der Waals surface area contributed by atoms with Gasteiger partial charge in [0.05, 0.1) is 23.6 Å². The van der Waals surface area contributed by atoms with E-state index in [-0.39, 0.29) is 12.1 Å². The molecule has 1 fully saturated rings. The van der Waals surface area contributed by atoms with Crippen LogP contribution >= 0.6 is 11.6 Å². The highest BCUT2D eigenvalue weighted by Gasteiger charge is 2.27. The fourth-order valence-corrected chi connectivity index (χ4v) is 5.19. The molecule has 0 saturated heterocycles. The quantitative estimate of drug-likeness (QED) is 0.401. The van der Waals surface area contributed by atoms with Gasteiger partial charge in [-0.2, -0.15) is 0 Å². The highest BCUT2D eigenvalue weighted by atomic mass is 35.5. The van der Waals surface area contributed by atoms with Gasteiger partial charge in [0, 0.05) is 42.0 Å². The van der Waals surface area contributed by atoms with Crippen molar-refractivity contribution < 1.29 is 9.53 Å². The number of nitrogens with one attached hydrogen (secondary N) is 2. The third-order valence-electron chi connectivity index (χ3n) is 6.84. The minimum absolute atomic E-state index is 0.158. The Kier molecular flexibility index (Phi) is 8.07. The number of aromatic nitrogens is 4. The van der Waals surface area contributed by atoms with Crippen molar-refractivity contribution in [2.24, 2.45) is 10.9 Å². The zero-order valence-corrected chi connectivity index (χ0v) is 23.3. The number of carbonyl (C=O) groups is 1. The number of carbonyl (C=O) groups excluding carboxylic acids is 1. The van der Waals surface area contributed by atoms with E-state index in [1.807, 2.05) is 57.3 Å². The van der Waals surface area contributed by atoms with Gasteiger partial charge >= 0.3 is 6.09 Å². The molecule has 204 valence electrons. The van der Waals surface area contributed by atoms with Crippen molar-refractivity contribution in [2.45, 2.75) is 77.6 Å². The second-order valence-electron chi connectivity index (χ2n) is 11.1. The number of hydrogen-bond acceptors (Lipinski definition) is 8. The maximum atomic E-state index is 12.1. The van der Waals surface area contributed by atoms with Crippen LogP contribution in [0.15, 0.2) is 47.7 Å². The number of nitrogens with zero attached hydrogens (tertiary/aromatic N) is 5. The first-order valence-electron chi connectivity index (χ1n) is 13.4. The van der Waals surface area contributed by atoms with Gasteiger partial charge in [0.15, 0.2) is 0 Å². The van der Waals surface area contributed by atoms with Crippen molar-refractivity contribution in [3.05, 3.63) is 76.1 Å². The fourth-order valence-electron chi connectivity index (χ4n) is 4.98. The molecule has 0 unspecified atom stereocenters. The fraction of sp³-hybridized carbons (Fsp3) is 0.448. The lowest BCUT2D eigenvalue weighted by atomic mass is 9.84. The molecule has 2 aliphatic rings. The Morgan fingerprint density at radius 3 is 2.69 bits per heavy atom. The molecule has 1 aliphatic carbocycles. The Hall–Kier alpha value is -3.59. The first kappa shape index (κ1) is 27.0. The molecule has 1 saturated carbocycles. The third kappa shape index (κ3) is 7.29. The largest absolute Gasteiger partial charge is 0.444 e. The van der Waals surface area contributed by atoms with Crippen LogP contribution in [-0.2, 0) is 24.2 Å². The van der Waals surface area contributed by atoms with E-state index in [4.69, 9.17) is 26.3 Å². The molecule has 2 N–H and O–H groups in total. The predicted molar refractivity (Wildman–Crippen MR) is 151 cm³/mol. The van der Waals surface area contributed by atoms with Crippen LogP contribution in [0, 0.1) is 5.92 Å². The minimum Gasteiger partial charge on any atom is -0.444 e. The van der Waals surface area contributed by atoms with Crippen LogP contribution in [0.1, 0.15) is 74.8 Å². The van der Waals surface area contributed by atoms with Crippen LogP contribution in [0.4, 0.5) is 10.7 Å². The van der Waals surface area contributed by atoms with Crippen LogP contribution in [0.5, 0.6) is 0 Å². The first-order chi connectivity index (χ1) is 18.7. The van der Waals surface area contributed by atoms with Gasteiger partial charge in [0.1, 0.15) is 11.4 Å². The van der Waals surface area contributed by atoms with Crippen molar-refractivity contribution in [3.63, 3.8) is 0 Å². The van der Waals surface area contributed by atoms with Gasteiger partial charge in [0.2, 0.25) is 5.95 Å². The SMILES string of the molecule is CC(C)(C)OC(=O)NC1CCC(Cc2ncc3c(n2)CN=C3c2ccnc(NCc3cccc(Cl)c3)n2)CC1. The van der Waals surface area contributed by atoms with E-state index in [1.165, 1.54) is 0 Å². The molecule has 1 amide bonds. The summed E-state index contributed by atoms with van der Waals surface area (Å²) in [6, 6.07) is 9.70. The third-order valence-corrected chi connectivity index (χ3v) is 7.07. The van der Waals surface area contributed by atoms with Crippen LogP contribution in [0.25, 0.3) is 0 Å². The Morgan fingerprint density at radius 2 is 1.92 bits per heavy atom. The molecule has 3 heterocycles. The van der Waals surface area contributed by atoms with Crippen LogP contribution in [0.2, 0.25) is 5.02 Å². The van der Waals surface area contributed by atoms with E-state index >= 15 is 0 Å². The molecule has 9 nitrogen and oxygen atoms in total. The van der Waals surface area contributed by atoms with Gasteiger partial charge in [-0.15, -0.1) is 0 Å². The van der Waals surface area contributed by atoms with Crippen LogP contribution in [0.3, 0.4) is 0 Å². The van der Waals surface area contributed by atoms with Crippen molar-refractivity contribution in [1.82, 2.24) is 25.3 Å². The van der Waals surface area contributed by atoms with Gasteiger partial charge in [-0.05, 0) is 76.1 Å². The standard InChI is InChI=1S/C29H34ClN7O2/c1-29(2,3)39-28(38)35-21-9-7-18(8-10-21)14-25-32-16-22-24(36-25)17-33-26(22)23-11-12-31-27(37-23)34-15-19-5-4-6-20(30)13-19/h4-6,11-13,16,18,21H,7-10,14-15,17H2,1-3H3,(H,35,38)(H,31,34,37). The van der Waals surface area contributed by atoms with E-state index in [1.54, 1.807) is 6.20 Å². The monoisotopic (exact) mass is 547 g/mol. The van der Waals surface area contributed by atoms with Crippen molar-refractivity contribution in [3.8, 4) is 0 Å². The first-order valence-corrected chi connectivity index (χ1v) is 13.8. The maximum Gasteiger partial charge on any atom is 0.407 e. The predicted octanol–water partition coefficient (Wildman–Crippen LogP) is 5.51. The molecule has 1 aliphatic heterocycles. The van der Waals surface area contributed by atoms with Crippen LogP contribution in [-0.4, -0.2) is 43.4 Å². The maximum absolute atomic E-state index is 12.1. The number of aliphatic imine (C=N–C) groups is 1. The molecule has 0 radical (unpaired) electrons. The van der Waals surface area contributed by atoms with Gasteiger partial charge in [-0.3, -0.25) is 4.99 Å². The zero-order valence-electron chi connectivity index (χ0n) is 22.6. The Bertz CT molecular complexity index is 1360. The van der Waals surface area contributed by atoms with E-state index in [9.17, 15) is 4.79 Å². The van der Waals surface area contributed by atoms with Crippen molar-refractivity contribution >= 4 is 29.4 Å². The summed E-state index contributed by atoms with van der Waals surface area (Å²) < 4.78 is 5.39. The van der Waals surface area contributed by atoms with E-state index in [0.717, 1.165) is 66.2 Å². The number of hydrogen-bond donors (Lipinski definition) is 2. The lowest BCUT2D eigenvalue weighted by molar-refractivity contribution is 0.0487. The topological polar surface area (TPSA) is 114 Å². The summed E-state index contributed by atoms with van der Waals surface area (Å²) in [4.78, 5) is 35.4. The normalized spacial score (nSPS) is 18.7. The summed E-state index contributed by atoms with van der Waals surface area (Å²) in [6.07, 6.45) is 8.01. The summed E-state index contributed by atoms with van der Waals surface area (Å²) in [5.74, 6) is 1.87. The highest BCUT2D eigenvalue weighted by molar-refractivity contribution is 6.30. The second kappa shape index (κ2) is 11.7. The summed E-state index contributed by atoms with van der Waals surface area (Å²) >= 11 is 6.09. The molecule has 39 heavy (non-hydrogen) atoms. The molecule has 1 aromatic carbocycles. The Labute approximate surface area is 233 Å². The van der Waals surface area contributed by atoms with Gasteiger partial charge in [-0.25, -0.2) is 24.7 Å². The zero-order chi connectivity index (χ0) is 27.4. The number of alkyl carbamates (subject to hydrolysis) is 1. The number of rotatable bonds is 7. The molecular formula is C29H34ClN7O2. The summed E-state index contributed by atoms with van der Waals surface area (Å²) in [7, 11) is 0. The summed E-state index contributed by atoms with van der Waals surface area (Å²) in [5, 5.41) is 6.96. The molecule has 0 spiro atoms. The van der Waals surface area contributed by atoms with Crippen molar-refractivity contribution in [2.75, 3.05) is 5.32 Å². The Balaban J connectivity index is 1.16. The number of ether oxygens (including phenoxy) is 1. The average molecular weight is 548 g/mol. The van der Waals surface area contributed by atoms with E-state index in [0.29, 0.717) is 30.0 Å². The summed E-state index contributed by atoms with van der Waals surface area (Å²) in [6.45, 7) is 6.71. The lowest BCUT2D eigenvalue weighted by Gasteiger charge is -2.29. The van der Waals surface area contributed by atoms with Crippen LogP contribution < -0.4 is 10.6 Å². The van der Waals surface area contributed by atoms with E-state index in [2.05, 4.69) is 25.6 Å². The minimum atomic E-state index is -0.486. The lowest BCUT2D eigenvalue weighted by Crippen LogP contribution is -2.41. The van der Waals surface area contributed by atoms with Gasteiger partial charge in [0.25, 0.3) is 0 Å². The number of amides is 1. The molecule has 0 atom stereocenters. The molecule has 2 aromatic heterocycles. The highest BCUT2D eigenvalue weighted by Crippen LogP contribution is 2.28. The molecule has 10 heteroatoms. The molecule has 0 bridgehead atoms. The molecule has 5 rings (SSSR count). The Morgan fingerprint density at radius 1 is 1.10 bits per heavy atom. The number of benzene rings is 1. The van der Waals surface area contributed by atoms with Gasteiger partial charge < -0.3 is 15.4 Å². The second-order valence-corrected chi connectivity index (χ2v) is 11.6. The van der Waals surface area contributed by atoms with Crippen molar-refractivity contribution in [1.29, 1.82) is 0 Å².